The van der Waals surface area contributed by atoms with Gasteiger partial charge in [0.25, 0.3) is 0 Å². The van der Waals surface area contributed by atoms with Gasteiger partial charge in [-0.25, -0.2) is 33.7 Å². The maximum absolute atomic E-state index is 12.5. The van der Waals surface area contributed by atoms with Crippen LogP contribution in [0.15, 0.2) is 28.7 Å². The van der Waals surface area contributed by atoms with Gasteiger partial charge in [-0.15, -0.1) is 0 Å². The first-order valence-corrected chi connectivity index (χ1v) is 16.6. The molecule has 0 aromatic heterocycles. The van der Waals surface area contributed by atoms with Crippen molar-refractivity contribution >= 4 is 56.0 Å². The second kappa shape index (κ2) is 9.50. The summed E-state index contributed by atoms with van der Waals surface area (Å²) in [5.74, 6) is 0. The largest absolute Gasteiger partial charge is 0.224 e. The highest BCUT2D eigenvalue weighted by atomic mass is 79.9. The zero-order chi connectivity index (χ0) is 23.7. The van der Waals surface area contributed by atoms with Crippen molar-refractivity contribution in [2.24, 2.45) is 0 Å². The molecule has 1 rings (SSSR count). The monoisotopic (exact) mass is 568 g/mol. The van der Waals surface area contributed by atoms with Crippen LogP contribution in [0.5, 0.6) is 0 Å². The fourth-order valence-electron chi connectivity index (χ4n) is 3.21. The molecule has 0 saturated carbocycles. The molecule has 15 heteroatoms. The first-order valence-electron chi connectivity index (χ1n) is 8.46. The molecular weight excluding hydrogens is 544 g/mol. The van der Waals surface area contributed by atoms with Crippen LogP contribution in [0.25, 0.3) is 0 Å². The molecule has 174 valence electrons. The lowest BCUT2D eigenvalue weighted by molar-refractivity contribution is 0.284. The fraction of sp³-hybridized carbons (Fsp3) is 0.600. The Morgan fingerprint density at radius 2 is 1.10 bits per heavy atom. The molecule has 0 radical (unpaired) electrons. The minimum atomic E-state index is -4.45. The molecule has 0 amide bonds. The summed E-state index contributed by atoms with van der Waals surface area (Å²) in [5, 5.41) is 0. The highest BCUT2D eigenvalue weighted by Crippen LogP contribution is 2.36. The Morgan fingerprint density at radius 1 is 0.733 bits per heavy atom. The van der Waals surface area contributed by atoms with Crippen LogP contribution in [0.4, 0.5) is 0 Å². The van der Waals surface area contributed by atoms with E-state index in [1.807, 2.05) is 0 Å². The topological polar surface area (TPSA) is 143 Å². The van der Waals surface area contributed by atoms with Gasteiger partial charge < -0.3 is 0 Å². The molecule has 0 aliphatic carbocycles. The lowest BCUT2D eigenvalue weighted by Crippen LogP contribution is -2.53. The van der Waals surface area contributed by atoms with Crippen LogP contribution in [0, 0.1) is 0 Å². The van der Waals surface area contributed by atoms with Crippen LogP contribution in [0.2, 0.25) is 0 Å². The summed E-state index contributed by atoms with van der Waals surface area (Å²) in [4.78, 5) is 0. The van der Waals surface area contributed by atoms with E-state index in [4.69, 9.17) is 0 Å². The molecule has 10 nitrogen and oxygen atoms in total. The van der Waals surface area contributed by atoms with Crippen molar-refractivity contribution in [3.8, 4) is 0 Å². The number of benzene rings is 1. The number of hydrogen-bond donors (Lipinski definition) is 0. The Balaban J connectivity index is 4.08. The van der Waals surface area contributed by atoms with Gasteiger partial charge in [0, 0.05) is 4.47 Å². The van der Waals surface area contributed by atoms with Crippen LogP contribution in [0.3, 0.4) is 0 Å². The summed E-state index contributed by atoms with van der Waals surface area (Å²) < 4.78 is 101. The van der Waals surface area contributed by atoms with E-state index in [-0.39, 0.29) is 25.8 Å². The number of nitrogens with zero attached hydrogens (tertiary/aromatic N) is 2. The Labute approximate surface area is 187 Å². The van der Waals surface area contributed by atoms with Crippen molar-refractivity contribution in [2.45, 2.75) is 31.8 Å². The fourth-order valence-corrected chi connectivity index (χ4v) is 10.2. The molecule has 2 atom stereocenters. The van der Waals surface area contributed by atoms with Gasteiger partial charge in [-0.1, -0.05) is 48.8 Å². The van der Waals surface area contributed by atoms with E-state index in [9.17, 15) is 33.7 Å². The normalized spacial score (nSPS) is 16.0. The predicted octanol–water partition coefficient (Wildman–Crippen LogP) is 1.10. The summed E-state index contributed by atoms with van der Waals surface area (Å²) >= 11 is 3.22. The summed E-state index contributed by atoms with van der Waals surface area (Å²) in [6.07, 6.45) is 2.78. The van der Waals surface area contributed by atoms with Gasteiger partial charge in [-0.3, -0.25) is 0 Å². The zero-order valence-corrected chi connectivity index (χ0v) is 21.9. The molecule has 0 saturated heterocycles. The van der Waals surface area contributed by atoms with Gasteiger partial charge in [0.15, 0.2) is 0 Å². The third kappa shape index (κ3) is 6.97. The van der Waals surface area contributed by atoms with Gasteiger partial charge in [0.05, 0.1) is 37.1 Å². The summed E-state index contributed by atoms with van der Waals surface area (Å²) in [7, 11) is -17.7. The van der Waals surface area contributed by atoms with Crippen LogP contribution in [-0.2, 0) is 40.1 Å². The molecule has 1 aromatic rings. The minimum Gasteiger partial charge on any atom is -0.212 e. The van der Waals surface area contributed by atoms with E-state index in [1.165, 1.54) is 24.3 Å². The van der Waals surface area contributed by atoms with E-state index in [0.717, 1.165) is 0 Å². The summed E-state index contributed by atoms with van der Waals surface area (Å²) in [6.45, 7) is 1.64. The average molecular weight is 570 g/mol. The third-order valence-corrected chi connectivity index (χ3v) is 11.4. The average Bonchev–Trinajstić information content (AvgIpc) is 2.48. The highest BCUT2D eigenvalue weighted by Gasteiger charge is 2.47. The van der Waals surface area contributed by atoms with Crippen molar-refractivity contribution in [3.63, 3.8) is 0 Å². The van der Waals surface area contributed by atoms with Gasteiger partial charge in [0.2, 0.25) is 40.1 Å². The lowest BCUT2D eigenvalue weighted by atomic mass is 9.97. The summed E-state index contributed by atoms with van der Waals surface area (Å²) in [5.41, 5.74) is 0.116. The van der Waals surface area contributed by atoms with Crippen LogP contribution >= 0.6 is 15.9 Å². The van der Waals surface area contributed by atoms with E-state index < -0.39 is 52.2 Å². The quantitative estimate of drug-likeness (QED) is 0.408. The minimum absolute atomic E-state index is 0.116. The molecule has 1 aromatic carbocycles. The first-order chi connectivity index (χ1) is 13.3. The maximum Gasteiger partial charge on any atom is 0.224 e. The molecule has 0 heterocycles. The zero-order valence-electron chi connectivity index (χ0n) is 17.0. The number of rotatable bonds is 10. The smallest absolute Gasteiger partial charge is 0.212 e. The molecular formula is C15H25BrN2O8S4. The molecule has 0 bridgehead atoms. The Morgan fingerprint density at radius 3 is 1.40 bits per heavy atom. The van der Waals surface area contributed by atoms with Crippen molar-refractivity contribution in [2.75, 3.05) is 25.0 Å². The SMILES string of the molecule is CCC[C@H]([C@H](c1ccc(Br)cc1)N(S(C)(=O)=O)S(C)(=O)=O)N(S(C)(=O)=O)S(C)(=O)=O. The van der Waals surface area contributed by atoms with Crippen molar-refractivity contribution in [3.05, 3.63) is 34.3 Å². The molecule has 0 fully saturated rings. The van der Waals surface area contributed by atoms with Gasteiger partial charge in [-0.05, 0) is 24.1 Å². The van der Waals surface area contributed by atoms with E-state index in [1.54, 1.807) is 6.92 Å². The molecule has 0 aliphatic heterocycles. The van der Waals surface area contributed by atoms with E-state index in [0.29, 0.717) is 29.5 Å². The van der Waals surface area contributed by atoms with Crippen LogP contribution < -0.4 is 0 Å². The van der Waals surface area contributed by atoms with Gasteiger partial charge >= 0.3 is 0 Å². The maximum atomic E-state index is 12.5. The number of hydrogen-bond acceptors (Lipinski definition) is 8. The lowest BCUT2D eigenvalue weighted by Gasteiger charge is -2.38. The third-order valence-electron chi connectivity index (χ3n) is 3.97. The first kappa shape index (κ1) is 27.5. The highest BCUT2D eigenvalue weighted by molar-refractivity contribution is 9.10. The summed E-state index contributed by atoms with van der Waals surface area (Å²) in [6, 6.07) is 2.66. The Kier molecular flexibility index (Phi) is 8.70. The van der Waals surface area contributed by atoms with Gasteiger partial charge in [-0.2, -0.15) is 0 Å². The van der Waals surface area contributed by atoms with Crippen molar-refractivity contribution in [1.29, 1.82) is 0 Å². The Hall–Kier alpha value is -0.580. The molecule has 0 unspecified atom stereocenters. The standard InChI is InChI=1S/C15H25BrN2O8S4/c1-6-7-14(17(27(2,19)20)28(3,21)22)15(12-8-10-13(16)11-9-12)18(29(4,23)24)30(5,25)26/h8-11,14-15H,6-7H2,1-5H3/t14-,15+/m1/s1. The van der Waals surface area contributed by atoms with Crippen molar-refractivity contribution < 1.29 is 33.7 Å². The van der Waals surface area contributed by atoms with E-state index in [2.05, 4.69) is 15.9 Å². The number of sulfonamides is 4. The Bertz CT molecular complexity index is 1110. The number of halogens is 1. The second-order valence-corrected chi connectivity index (χ2v) is 15.7. The molecule has 0 aliphatic rings. The molecule has 0 N–H and O–H groups in total. The predicted molar refractivity (Wildman–Crippen MR) is 119 cm³/mol. The molecule has 0 spiro atoms. The molecule has 30 heavy (non-hydrogen) atoms. The van der Waals surface area contributed by atoms with E-state index >= 15 is 0 Å². The second-order valence-electron chi connectivity index (χ2n) is 6.86. The van der Waals surface area contributed by atoms with Crippen molar-refractivity contribution in [1.82, 2.24) is 7.42 Å². The van der Waals surface area contributed by atoms with Crippen LogP contribution in [-0.4, -0.2) is 72.2 Å². The van der Waals surface area contributed by atoms with Crippen LogP contribution in [0.1, 0.15) is 31.4 Å². The van der Waals surface area contributed by atoms with Gasteiger partial charge in [0.1, 0.15) is 0 Å².